The summed E-state index contributed by atoms with van der Waals surface area (Å²) in [4.78, 5) is 21.4. The van der Waals surface area contributed by atoms with E-state index in [2.05, 4.69) is 24.3 Å². The second kappa shape index (κ2) is 39.6. The van der Waals surface area contributed by atoms with E-state index in [1.165, 1.54) is 193 Å². The zero-order valence-electron chi connectivity index (χ0n) is 30.7. The summed E-state index contributed by atoms with van der Waals surface area (Å²) in [6.45, 7) is 0. The third kappa shape index (κ3) is 42.4. The number of hydrogen-bond acceptors (Lipinski definition) is 2. The fourth-order valence-electron chi connectivity index (χ4n) is 6.36. The van der Waals surface area contributed by atoms with Crippen molar-refractivity contribution in [1.82, 2.24) is 0 Å². The maximum absolute atomic E-state index is 10.7. The SMILES string of the molecule is NC(=O)CCCCCCC/C=C/CCCCCCCCCCCCCCCCCCCCCC/C=C/CCCCCCCC(N)=O. The van der Waals surface area contributed by atoms with E-state index in [1.54, 1.807) is 0 Å². The predicted octanol–water partition coefficient (Wildman–Crippen LogP) is 13.1. The summed E-state index contributed by atoms with van der Waals surface area (Å²) in [5.74, 6) is -0.325. The zero-order valence-corrected chi connectivity index (χ0v) is 30.7. The number of rotatable bonds is 39. The standard InChI is InChI=1S/C42H80N2O2/c43-41(45)39-37-35-33-31-29-27-25-23-21-19-17-15-13-11-9-7-5-3-1-2-4-6-8-10-12-14-16-18-20-22-24-26-28-30-32-34-36-38-40-42(44)46/h23-26H,1-22,27-40H2,(H2,43,45)(H2,44,46)/b25-23+,26-24+. The first-order valence-corrected chi connectivity index (χ1v) is 20.5. The van der Waals surface area contributed by atoms with E-state index in [-0.39, 0.29) is 11.8 Å². The van der Waals surface area contributed by atoms with Crippen LogP contribution in [-0.2, 0) is 9.59 Å². The summed E-state index contributed by atoms with van der Waals surface area (Å²) in [6.07, 6.45) is 55.9. The quantitative estimate of drug-likeness (QED) is 0.0515. The fourth-order valence-corrected chi connectivity index (χ4v) is 6.36. The van der Waals surface area contributed by atoms with Crippen molar-refractivity contribution < 1.29 is 9.59 Å². The average molecular weight is 645 g/mol. The Kier molecular flexibility index (Phi) is 38.2. The van der Waals surface area contributed by atoms with Crippen molar-refractivity contribution in [3.05, 3.63) is 24.3 Å². The third-order valence-corrected chi connectivity index (χ3v) is 9.41. The van der Waals surface area contributed by atoms with Crippen molar-refractivity contribution >= 4 is 11.8 Å². The topological polar surface area (TPSA) is 86.2 Å². The van der Waals surface area contributed by atoms with Crippen molar-refractivity contribution in [2.75, 3.05) is 0 Å². The smallest absolute Gasteiger partial charge is 0.217 e. The lowest BCUT2D eigenvalue weighted by Crippen LogP contribution is -2.09. The van der Waals surface area contributed by atoms with Gasteiger partial charge in [0.05, 0.1) is 0 Å². The van der Waals surface area contributed by atoms with Crippen molar-refractivity contribution in [2.24, 2.45) is 11.5 Å². The van der Waals surface area contributed by atoms with Crippen molar-refractivity contribution in [1.29, 1.82) is 0 Å². The molecule has 4 N–H and O–H groups in total. The Bertz CT molecular complexity index is 629. The number of hydrogen-bond donors (Lipinski definition) is 2. The molecule has 0 aromatic rings. The molecule has 2 amide bonds. The molecule has 0 bridgehead atoms. The molecule has 0 saturated heterocycles. The Hall–Kier alpha value is -1.58. The summed E-state index contributed by atoms with van der Waals surface area (Å²) in [5, 5.41) is 0. The molecule has 0 aromatic heterocycles. The highest BCUT2D eigenvalue weighted by Crippen LogP contribution is 2.16. The van der Waals surface area contributed by atoms with E-state index in [9.17, 15) is 9.59 Å². The molecular formula is C42H80N2O2. The third-order valence-electron chi connectivity index (χ3n) is 9.41. The van der Waals surface area contributed by atoms with E-state index in [0.29, 0.717) is 12.8 Å². The monoisotopic (exact) mass is 645 g/mol. The summed E-state index contributed by atoms with van der Waals surface area (Å²) in [5.41, 5.74) is 10.3. The van der Waals surface area contributed by atoms with Gasteiger partial charge in [-0.2, -0.15) is 0 Å². The predicted molar refractivity (Wildman–Crippen MR) is 203 cm³/mol. The number of amides is 2. The highest BCUT2D eigenvalue weighted by molar-refractivity contribution is 5.73. The van der Waals surface area contributed by atoms with E-state index >= 15 is 0 Å². The van der Waals surface area contributed by atoms with Crippen LogP contribution in [0.3, 0.4) is 0 Å². The van der Waals surface area contributed by atoms with Gasteiger partial charge in [0, 0.05) is 12.8 Å². The number of nitrogens with two attached hydrogens (primary N) is 2. The molecule has 0 heterocycles. The minimum atomic E-state index is -0.163. The van der Waals surface area contributed by atoms with Crippen LogP contribution in [0.4, 0.5) is 0 Å². The van der Waals surface area contributed by atoms with Gasteiger partial charge in [0.25, 0.3) is 0 Å². The first-order chi connectivity index (χ1) is 22.6. The summed E-state index contributed by atoms with van der Waals surface area (Å²) in [6, 6.07) is 0. The molecule has 0 fully saturated rings. The molecule has 0 spiro atoms. The Balaban J connectivity index is 3.12. The Morgan fingerprint density at radius 2 is 0.413 bits per heavy atom. The highest BCUT2D eigenvalue weighted by atomic mass is 16.1. The van der Waals surface area contributed by atoms with Gasteiger partial charge in [0.1, 0.15) is 0 Å². The molecule has 4 nitrogen and oxygen atoms in total. The van der Waals surface area contributed by atoms with Crippen LogP contribution in [-0.4, -0.2) is 11.8 Å². The molecule has 46 heavy (non-hydrogen) atoms. The fraction of sp³-hybridized carbons (Fsp3) is 0.857. The lowest BCUT2D eigenvalue weighted by atomic mass is 10.0. The summed E-state index contributed by atoms with van der Waals surface area (Å²) >= 11 is 0. The largest absolute Gasteiger partial charge is 0.370 e. The van der Waals surface area contributed by atoms with Gasteiger partial charge in [0.2, 0.25) is 11.8 Å². The Morgan fingerprint density at radius 3 is 0.587 bits per heavy atom. The van der Waals surface area contributed by atoms with Crippen LogP contribution in [0.25, 0.3) is 0 Å². The Morgan fingerprint density at radius 1 is 0.261 bits per heavy atom. The van der Waals surface area contributed by atoms with Gasteiger partial charge < -0.3 is 11.5 Å². The van der Waals surface area contributed by atoms with Gasteiger partial charge in [-0.15, -0.1) is 0 Å². The van der Waals surface area contributed by atoms with Gasteiger partial charge in [0.15, 0.2) is 0 Å². The molecule has 0 saturated carbocycles. The van der Waals surface area contributed by atoms with Crippen LogP contribution >= 0.6 is 0 Å². The molecule has 0 aromatic carbocycles. The molecule has 0 atom stereocenters. The number of unbranched alkanes of at least 4 members (excludes halogenated alkanes) is 31. The van der Waals surface area contributed by atoms with E-state index < -0.39 is 0 Å². The molecule has 0 rings (SSSR count). The normalized spacial score (nSPS) is 11.7. The van der Waals surface area contributed by atoms with Crippen LogP contribution in [0, 0.1) is 0 Å². The minimum absolute atomic E-state index is 0.163. The van der Waals surface area contributed by atoms with Crippen molar-refractivity contribution in [3.8, 4) is 0 Å². The molecule has 0 aliphatic rings. The van der Waals surface area contributed by atoms with Gasteiger partial charge >= 0.3 is 0 Å². The maximum atomic E-state index is 10.7. The average Bonchev–Trinajstić information content (AvgIpc) is 3.03. The molecule has 0 unspecified atom stereocenters. The maximum Gasteiger partial charge on any atom is 0.217 e. The lowest BCUT2D eigenvalue weighted by Gasteiger charge is -2.04. The van der Waals surface area contributed by atoms with Crippen LogP contribution in [0.5, 0.6) is 0 Å². The van der Waals surface area contributed by atoms with Gasteiger partial charge in [-0.1, -0.05) is 178 Å². The van der Waals surface area contributed by atoms with Gasteiger partial charge in [-0.05, 0) is 64.2 Å². The van der Waals surface area contributed by atoms with E-state index in [1.807, 2.05) is 0 Å². The van der Waals surface area contributed by atoms with Crippen LogP contribution in [0.2, 0.25) is 0 Å². The molecule has 0 aliphatic carbocycles. The molecule has 0 aliphatic heterocycles. The van der Waals surface area contributed by atoms with Crippen LogP contribution in [0.15, 0.2) is 24.3 Å². The number of carbonyl (C=O) groups is 2. The zero-order chi connectivity index (χ0) is 33.4. The number of primary amides is 2. The molecule has 270 valence electrons. The number of carbonyl (C=O) groups excluding carboxylic acids is 2. The van der Waals surface area contributed by atoms with Gasteiger partial charge in [-0.3, -0.25) is 9.59 Å². The molecular weight excluding hydrogens is 564 g/mol. The lowest BCUT2D eigenvalue weighted by molar-refractivity contribution is -0.119. The summed E-state index contributed by atoms with van der Waals surface area (Å²) < 4.78 is 0. The van der Waals surface area contributed by atoms with Gasteiger partial charge in [-0.25, -0.2) is 0 Å². The number of allylic oxidation sites excluding steroid dienone is 4. The van der Waals surface area contributed by atoms with Crippen molar-refractivity contribution in [2.45, 2.75) is 231 Å². The van der Waals surface area contributed by atoms with E-state index in [4.69, 9.17) is 11.5 Å². The van der Waals surface area contributed by atoms with Crippen LogP contribution in [0.1, 0.15) is 231 Å². The second-order valence-electron chi connectivity index (χ2n) is 14.1. The van der Waals surface area contributed by atoms with E-state index in [0.717, 1.165) is 25.7 Å². The molecule has 0 radical (unpaired) electrons. The highest BCUT2D eigenvalue weighted by Gasteiger charge is 1.97. The molecule has 4 heteroatoms. The first-order valence-electron chi connectivity index (χ1n) is 20.5. The minimum Gasteiger partial charge on any atom is -0.370 e. The Labute approximate surface area is 287 Å². The van der Waals surface area contributed by atoms with Crippen molar-refractivity contribution in [3.63, 3.8) is 0 Å². The van der Waals surface area contributed by atoms with Crippen LogP contribution < -0.4 is 11.5 Å². The first kappa shape index (κ1) is 44.4. The summed E-state index contributed by atoms with van der Waals surface area (Å²) in [7, 11) is 0. The second-order valence-corrected chi connectivity index (χ2v) is 14.1.